The van der Waals surface area contributed by atoms with Crippen molar-refractivity contribution in [3.63, 3.8) is 0 Å². The average molecular weight is 281 g/mol. The number of carbonyl (C=O) groups excluding carboxylic acids is 1. The Labute approximate surface area is 117 Å². The Morgan fingerprint density at radius 3 is 3.11 bits per heavy atom. The second kappa shape index (κ2) is 7.25. The monoisotopic (exact) mass is 281 g/mol. The third kappa shape index (κ3) is 4.65. The summed E-state index contributed by atoms with van der Waals surface area (Å²) < 4.78 is 5.33. The van der Waals surface area contributed by atoms with Crippen LogP contribution in [0.15, 0.2) is 11.5 Å². The summed E-state index contributed by atoms with van der Waals surface area (Å²) in [7, 11) is 0. The highest BCUT2D eigenvalue weighted by Crippen LogP contribution is 2.22. The van der Waals surface area contributed by atoms with Gasteiger partial charge in [-0.15, -0.1) is 11.3 Å². The van der Waals surface area contributed by atoms with Crippen LogP contribution < -0.4 is 10.2 Å². The number of ether oxygens (including phenoxy) is 1. The third-order valence-corrected chi connectivity index (χ3v) is 3.68. The molecule has 0 spiro atoms. The van der Waals surface area contributed by atoms with Crippen LogP contribution in [0.25, 0.3) is 6.08 Å². The number of anilines is 1. The van der Waals surface area contributed by atoms with Crippen molar-refractivity contribution in [3.8, 4) is 0 Å². The van der Waals surface area contributed by atoms with Crippen LogP contribution in [0.2, 0.25) is 0 Å². The fourth-order valence-corrected chi connectivity index (χ4v) is 2.64. The van der Waals surface area contributed by atoms with Crippen molar-refractivity contribution in [2.75, 3.05) is 37.7 Å². The second-order valence-corrected chi connectivity index (χ2v) is 5.16. The smallest absolute Gasteiger partial charge is 0.216 e. The van der Waals surface area contributed by atoms with Gasteiger partial charge in [0.05, 0.1) is 18.9 Å². The maximum absolute atomic E-state index is 10.7. The predicted octanol–water partition coefficient (Wildman–Crippen LogP) is 1.52. The summed E-state index contributed by atoms with van der Waals surface area (Å²) in [6, 6.07) is 0. The normalized spacial score (nSPS) is 15.9. The molecule has 2 rings (SSSR count). The fourth-order valence-electron chi connectivity index (χ4n) is 1.79. The van der Waals surface area contributed by atoms with E-state index in [2.05, 4.69) is 20.6 Å². The molecule has 5 nitrogen and oxygen atoms in total. The van der Waals surface area contributed by atoms with Crippen LogP contribution in [0.1, 0.15) is 19.0 Å². The highest BCUT2D eigenvalue weighted by molar-refractivity contribution is 7.13. The van der Waals surface area contributed by atoms with Gasteiger partial charge in [-0.2, -0.15) is 0 Å². The van der Waals surface area contributed by atoms with Gasteiger partial charge in [0.25, 0.3) is 0 Å². The van der Waals surface area contributed by atoms with Crippen LogP contribution in [0.3, 0.4) is 0 Å². The van der Waals surface area contributed by atoms with Crippen molar-refractivity contribution in [1.29, 1.82) is 0 Å². The van der Waals surface area contributed by atoms with Crippen LogP contribution in [-0.2, 0) is 9.53 Å². The maximum atomic E-state index is 10.7. The lowest BCUT2D eigenvalue weighted by Crippen LogP contribution is -2.36. The fraction of sp³-hybridized carbons (Fsp3) is 0.538. The molecule has 0 atom stereocenters. The van der Waals surface area contributed by atoms with Crippen LogP contribution in [-0.4, -0.2) is 43.7 Å². The van der Waals surface area contributed by atoms with Gasteiger partial charge < -0.3 is 15.0 Å². The van der Waals surface area contributed by atoms with Crippen molar-refractivity contribution in [3.05, 3.63) is 17.2 Å². The van der Waals surface area contributed by atoms with Crippen LogP contribution in [0.4, 0.5) is 5.13 Å². The third-order valence-electron chi connectivity index (χ3n) is 2.76. The molecule has 0 saturated carbocycles. The zero-order valence-electron chi connectivity index (χ0n) is 11.1. The molecule has 1 saturated heterocycles. The van der Waals surface area contributed by atoms with Gasteiger partial charge in [-0.25, -0.2) is 4.98 Å². The lowest BCUT2D eigenvalue weighted by Gasteiger charge is -2.25. The Morgan fingerprint density at radius 1 is 1.58 bits per heavy atom. The summed E-state index contributed by atoms with van der Waals surface area (Å²) in [5.74, 6) is 0.0108. The molecule has 19 heavy (non-hydrogen) atoms. The van der Waals surface area contributed by atoms with E-state index in [0.29, 0.717) is 6.54 Å². The lowest BCUT2D eigenvalue weighted by molar-refractivity contribution is -0.118. The van der Waals surface area contributed by atoms with Crippen molar-refractivity contribution >= 4 is 28.5 Å². The van der Waals surface area contributed by atoms with E-state index in [1.807, 2.05) is 12.2 Å². The minimum absolute atomic E-state index is 0.0108. The van der Waals surface area contributed by atoms with Gasteiger partial charge in [-0.05, 0) is 12.5 Å². The van der Waals surface area contributed by atoms with Gasteiger partial charge in [0.2, 0.25) is 5.91 Å². The minimum atomic E-state index is 0.0108. The van der Waals surface area contributed by atoms with Gasteiger partial charge in [0, 0.05) is 31.9 Å². The van der Waals surface area contributed by atoms with E-state index in [-0.39, 0.29) is 5.91 Å². The number of rotatable bonds is 5. The standard InChI is InChI=1S/C13H19N3O2S/c1-11(17)14-5-3-2-4-12-10-19-13(15-12)16-6-8-18-9-7-16/h2,4,10H,3,5-9H2,1H3,(H,14,17). The second-order valence-electron chi connectivity index (χ2n) is 4.33. The largest absolute Gasteiger partial charge is 0.378 e. The summed E-state index contributed by atoms with van der Waals surface area (Å²) in [5, 5.41) is 5.87. The molecule has 2 heterocycles. The molecule has 0 radical (unpaired) electrons. The molecule has 104 valence electrons. The molecule has 0 bridgehead atoms. The van der Waals surface area contributed by atoms with Gasteiger partial charge >= 0.3 is 0 Å². The zero-order chi connectivity index (χ0) is 13.5. The summed E-state index contributed by atoms with van der Waals surface area (Å²) in [6.07, 6.45) is 4.86. The molecule has 1 amide bonds. The van der Waals surface area contributed by atoms with Crippen LogP contribution >= 0.6 is 11.3 Å². The van der Waals surface area contributed by atoms with Crippen molar-refractivity contribution in [1.82, 2.24) is 10.3 Å². The van der Waals surface area contributed by atoms with Gasteiger partial charge in [-0.1, -0.05) is 6.08 Å². The Morgan fingerprint density at radius 2 is 2.37 bits per heavy atom. The topological polar surface area (TPSA) is 54.5 Å². The average Bonchev–Trinajstić information content (AvgIpc) is 2.88. The van der Waals surface area contributed by atoms with Crippen molar-refractivity contribution in [2.45, 2.75) is 13.3 Å². The Balaban J connectivity index is 1.79. The molecule has 1 fully saturated rings. The maximum Gasteiger partial charge on any atom is 0.216 e. The molecule has 1 aromatic rings. The summed E-state index contributed by atoms with van der Waals surface area (Å²) in [4.78, 5) is 17.5. The van der Waals surface area contributed by atoms with E-state index in [0.717, 1.165) is 43.5 Å². The molecule has 6 heteroatoms. The quantitative estimate of drug-likeness (QED) is 0.831. The number of morpholine rings is 1. The van der Waals surface area contributed by atoms with Crippen LogP contribution in [0.5, 0.6) is 0 Å². The molecule has 1 aliphatic rings. The Bertz CT molecular complexity index is 439. The summed E-state index contributed by atoms with van der Waals surface area (Å²) in [5.41, 5.74) is 0.981. The number of thiazole rings is 1. The first-order valence-corrected chi connectivity index (χ1v) is 7.33. The van der Waals surface area contributed by atoms with E-state index in [1.54, 1.807) is 11.3 Å². The number of amides is 1. The SMILES string of the molecule is CC(=O)NCCC=Cc1csc(N2CCOCC2)n1. The van der Waals surface area contributed by atoms with E-state index in [9.17, 15) is 4.79 Å². The lowest BCUT2D eigenvalue weighted by atomic mass is 10.3. The number of aromatic nitrogens is 1. The van der Waals surface area contributed by atoms with Gasteiger partial charge in [0.1, 0.15) is 0 Å². The molecule has 1 N–H and O–H groups in total. The number of nitrogens with one attached hydrogen (secondary N) is 1. The molecule has 1 aliphatic heterocycles. The zero-order valence-corrected chi connectivity index (χ0v) is 11.9. The molecule has 0 aromatic carbocycles. The molecular formula is C13H19N3O2S. The van der Waals surface area contributed by atoms with Crippen molar-refractivity contribution < 1.29 is 9.53 Å². The number of hydrogen-bond donors (Lipinski definition) is 1. The van der Waals surface area contributed by atoms with E-state index in [4.69, 9.17) is 4.74 Å². The molecule has 0 aliphatic carbocycles. The minimum Gasteiger partial charge on any atom is -0.378 e. The molecule has 1 aromatic heterocycles. The first-order chi connectivity index (χ1) is 9.25. The predicted molar refractivity (Wildman–Crippen MR) is 77.5 cm³/mol. The first-order valence-electron chi connectivity index (χ1n) is 6.45. The Kier molecular flexibility index (Phi) is 5.35. The van der Waals surface area contributed by atoms with Gasteiger partial charge in [0.15, 0.2) is 5.13 Å². The van der Waals surface area contributed by atoms with Crippen LogP contribution in [0, 0.1) is 0 Å². The summed E-state index contributed by atoms with van der Waals surface area (Å²) >= 11 is 1.66. The van der Waals surface area contributed by atoms with E-state index >= 15 is 0 Å². The first kappa shape index (κ1) is 14.0. The van der Waals surface area contributed by atoms with Gasteiger partial charge in [-0.3, -0.25) is 4.79 Å². The summed E-state index contributed by atoms with van der Waals surface area (Å²) in [6.45, 7) is 5.59. The number of hydrogen-bond acceptors (Lipinski definition) is 5. The number of nitrogens with zero attached hydrogens (tertiary/aromatic N) is 2. The van der Waals surface area contributed by atoms with E-state index < -0.39 is 0 Å². The Hall–Kier alpha value is -1.40. The molecular weight excluding hydrogens is 262 g/mol. The van der Waals surface area contributed by atoms with E-state index in [1.165, 1.54) is 6.92 Å². The highest BCUT2D eigenvalue weighted by atomic mass is 32.1. The number of carbonyl (C=O) groups is 1. The highest BCUT2D eigenvalue weighted by Gasteiger charge is 2.13. The van der Waals surface area contributed by atoms with Crippen molar-refractivity contribution in [2.24, 2.45) is 0 Å². The molecule has 0 unspecified atom stereocenters.